The SMILES string of the molecule is CCCC1COC(c2cnc(C#N)c(F)c2)OC1. The summed E-state index contributed by atoms with van der Waals surface area (Å²) in [4.78, 5) is 3.73. The summed E-state index contributed by atoms with van der Waals surface area (Å²) in [5.74, 6) is -0.236. The Morgan fingerprint density at radius 2 is 2.22 bits per heavy atom. The van der Waals surface area contributed by atoms with Gasteiger partial charge in [-0.3, -0.25) is 0 Å². The number of ether oxygens (including phenoxy) is 2. The summed E-state index contributed by atoms with van der Waals surface area (Å²) in [6.07, 6.45) is 3.00. The molecule has 2 heterocycles. The average molecular weight is 250 g/mol. The lowest BCUT2D eigenvalue weighted by molar-refractivity contribution is -0.206. The zero-order valence-corrected chi connectivity index (χ0v) is 10.2. The number of hydrogen-bond donors (Lipinski definition) is 0. The summed E-state index contributed by atoms with van der Waals surface area (Å²) >= 11 is 0. The molecule has 0 N–H and O–H groups in total. The van der Waals surface area contributed by atoms with Gasteiger partial charge in [-0.25, -0.2) is 9.37 Å². The highest BCUT2D eigenvalue weighted by molar-refractivity contribution is 5.25. The molecule has 1 saturated heterocycles. The van der Waals surface area contributed by atoms with E-state index in [0.717, 1.165) is 12.8 Å². The Morgan fingerprint density at radius 3 is 2.78 bits per heavy atom. The van der Waals surface area contributed by atoms with Gasteiger partial charge in [-0.1, -0.05) is 13.3 Å². The third-order valence-electron chi connectivity index (χ3n) is 2.90. The van der Waals surface area contributed by atoms with Crippen molar-refractivity contribution in [1.82, 2.24) is 4.98 Å². The minimum Gasteiger partial charge on any atom is -0.348 e. The summed E-state index contributed by atoms with van der Waals surface area (Å²) in [7, 11) is 0. The summed E-state index contributed by atoms with van der Waals surface area (Å²) in [6.45, 7) is 3.34. The molecule has 1 fully saturated rings. The van der Waals surface area contributed by atoms with E-state index in [1.807, 2.05) is 0 Å². The Hall–Kier alpha value is -1.51. The molecule has 0 aromatic carbocycles. The van der Waals surface area contributed by atoms with Gasteiger partial charge in [0.2, 0.25) is 0 Å². The van der Waals surface area contributed by atoms with Crippen LogP contribution in [0, 0.1) is 23.1 Å². The van der Waals surface area contributed by atoms with Crippen molar-refractivity contribution in [2.24, 2.45) is 5.92 Å². The predicted molar refractivity (Wildman–Crippen MR) is 62.0 cm³/mol. The van der Waals surface area contributed by atoms with Crippen molar-refractivity contribution >= 4 is 0 Å². The van der Waals surface area contributed by atoms with E-state index in [1.165, 1.54) is 12.3 Å². The number of pyridine rings is 1. The normalized spacial score (nSPS) is 23.6. The first kappa shape index (κ1) is 12.9. The molecule has 18 heavy (non-hydrogen) atoms. The third-order valence-corrected chi connectivity index (χ3v) is 2.90. The van der Waals surface area contributed by atoms with Crippen LogP contribution in [0.5, 0.6) is 0 Å². The van der Waals surface area contributed by atoms with Crippen molar-refractivity contribution in [3.05, 3.63) is 29.3 Å². The maximum Gasteiger partial charge on any atom is 0.185 e. The topological polar surface area (TPSA) is 55.1 Å². The highest BCUT2D eigenvalue weighted by Gasteiger charge is 2.24. The molecule has 0 amide bonds. The molecule has 1 aliphatic rings. The molecule has 1 aromatic rings. The van der Waals surface area contributed by atoms with E-state index in [2.05, 4.69) is 11.9 Å². The quantitative estimate of drug-likeness (QED) is 0.827. The molecule has 1 aromatic heterocycles. The first-order chi connectivity index (χ1) is 8.74. The van der Waals surface area contributed by atoms with E-state index in [1.54, 1.807) is 6.07 Å². The van der Waals surface area contributed by atoms with Crippen molar-refractivity contribution in [1.29, 1.82) is 5.26 Å². The lowest BCUT2D eigenvalue weighted by Crippen LogP contribution is -2.27. The number of rotatable bonds is 3. The summed E-state index contributed by atoms with van der Waals surface area (Å²) in [5.41, 5.74) is 0.305. The average Bonchev–Trinajstić information content (AvgIpc) is 2.40. The van der Waals surface area contributed by atoms with Gasteiger partial charge in [0, 0.05) is 17.7 Å². The molecule has 0 spiro atoms. The maximum absolute atomic E-state index is 13.4. The summed E-state index contributed by atoms with van der Waals surface area (Å²) < 4.78 is 24.5. The van der Waals surface area contributed by atoms with Gasteiger partial charge in [-0.2, -0.15) is 5.26 Å². The van der Waals surface area contributed by atoms with Gasteiger partial charge in [-0.05, 0) is 12.5 Å². The second-order valence-electron chi connectivity index (χ2n) is 4.36. The molecular formula is C13H15FN2O2. The molecular weight excluding hydrogens is 235 g/mol. The number of aromatic nitrogens is 1. The first-order valence-electron chi connectivity index (χ1n) is 6.03. The van der Waals surface area contributed by atoms with Crippen LogP contribution in [0.25, 0.3) is 0 Å². The van der Waals surface area contributed by atoms with Crippen LogP contribution in [-0.2, 0) is 9.47 Å². The molecule has 0 bridgehead atoms. The third kappa shape index (κ3) is 2.84. The Labute approximate surface area is 105 Å². The van der Waals surface area contributed by atoms with Crippen LogP contribution in [0.15, 0.2) is 12.3 Å². The molecule has 5 heteroatoms. The van der Waals surface area contributed by atoms with Crippen LogP contribution in [-0.4, -0.2) is 18.2 Å². The molecule has 1 aliphatic heterocycles. The second kappa shape index (κ2) is 5.89. The largest absolute Gasteiger partial charge is 0.348 e. The fourth-order valence-corrected chi connectivity index (χ4v) is 1.97. The van der Waals surface area contributed by atoms with Crippen molar-refractivity contribution in [2.45, 2.75) is 26.1 Å². The van der Waals surface area contributed by atoms with Crippen LogP contribution in [0.2, 0.25) is 0 Å². The molecule has 96 valence electrons. The number of nitriles is 1. The van der Waals surface area contributed by atoms with Gasteiger partial charge in [-0.15, -0.1) is 0 Å². The molecule has 0 saturated carbocycles. The maximum atomic E-state index is 13.4. The molecule has 4 nitrogen and oxygen atoms in total. The van der Waals surface area contributed by atoms with E-state index >= 15 is 0 Å². The van der Waals surface area contributed by atoms with Gasteiger partial charge in [0.25, 0.3) is 0 Å². The van der Waals surface area contributed by atoms with E-state index < -0.39 is 12.1 Å². The van der Waals surface area contributed by atoms with Gasteiger partial charge in [0.1, 0.15) is 6.07 Å². The molecule has 0 aliphatic carbocycles. The molecule has 0 radical (unpaired) electrons. The minimum atomic E-state index is -0.641. The monoisotopic (exact) mass is 250 g/mol. The Bertz CT molecular complexity index is 451. The smallest absolute Gasteiger partial charge is 0.185 e. The lowest BCUT2D eigenvalue weighted by Gasteiger charge is -2.29. The zero-order chi connectivity index (χ0) is 13.0. The highest BCUT2D eigenvalue weighted by atomic mass is 19.1. The first-order valence-corrected chi connectivity index (χ1v) is 6.03. The van der Waals surface area contributed by atoms with Gasteiger partial charge < -0.3 is 9.47 Å². The van der Waals surface area contributed by atoms with Gasteiger partial charge in [0.05, 0.1) is 13.2 Å². The number of hydrogen-bond acceptors (Lipinski definition) is 4. The van der Waals surface area contributed by atoms with E-state index in [0.29, 0.717) is 24.7 Å². The number of halogens is 1. The Morgan fingerprint density at radius 1 is 1.50 bits per heavy atom. The van der Waals surface area contributed by atoms with E-state index in [9.17, 15) is 4.39 Å². The highest BCUT2D eigenvalue weighted by Crippen LogP contribution is 2.27. The van der Waals surface area contributed by atoms with Crippen LogP contribution in [0.4, 0.5) is 4.39 Å². The fourth-order valence-electron chi connectivity index (χ4n) is 1.97. The summed E-state index contributed by atoms with van der Waals surface area (Å²) in [5, 5.41) is 8.60. The molecule has 2 rings (SSSR count). The standard InChI is InChI=1S/C13H15FN2O2/c1-2-3-9-7-17-13(18-8-9)10-4-11(14)12(5-15)16-6-10/h4,6,9,13H,2-3,7-8H2,1H3. The van der Waals surface area contributed by atoms with Crippen LogP contribution in [0.3, 0.4) is 0 Å². The number of nitrogens with zero attached hydrogens (tertiary/aromatic N) is 2. The van der Waals surface area contributed by atoms with E-state index in [-0.39, 0.29) is 5.69 Å². The van der Waals surface area contributed by atoms with Gasteiger partial charge >= 0.3 is 0 Å². The molecule has 0 unspecified atom stereocenters. The van der Waals surface area contributed by atoms with Crippen molar-refractivity contribution < 1.29 is 13.9 Å². The lowest BCUT2D eigenvalue weighted by atomic mass is 10.1. The summed E-state index contributed by atoms with van der Waals surface area (Å²) in [6, 6.07) is 2.93. The van der Waals surface area contributed by atoms with Crippen molar-refractivity contribution in [2.75, 3.05) is 13.2 Å². The van der Waals surface area contributed by atoms with Gasteiger partial charge in [0.15, 0.2) is 17.8 Å². The Kier molecular flexibility index (Phi) is 4.24. The zero-order valence-electron chi connectivity index (χ0n) is 10.2. The van der Waals surface area contributed by atoms with Crippen LogP contribution < -0.4 is 0 Å². The van der Waals surface area contributed by atoms with Crippen molar-refractivity contribution in [3.8, 4) is 6.07 Å². The molecule has 0 atom stereocenters. The Balaban J connectivity index is 2.02. The predicted octanol–water partition coefficient (Wildman–Crippen LogP) is 2.55. The van der Waals surface area contributed by atoms with Crippen LogP contribution in [0.1, 0.15) is 37.3 Å². The van der Waals surface area contributed by atoms with E-state index in [4.69, 9.17) is 14.7 Å². The fraction of sp³-hybridized carbons (Fsp3) is 0.538. The second-order valence-corrected chi connectivity index (χ2v) is 4.36. The van der Waals surface area contributed by atoms with Crippen molar-refractivity contribution in [3.63, 3.8) is 0 Å². The van der Waals surface area contributed by atoms with Crippen LogP contribution >= 0.6 is 0 Å². The minimum absolute atomic E-state index is 0.210.